The van der Waals surface area contributed by atoms with Crippen LogP contribution in [-0.4, -0.2) is 37.2 Å². The van der Waals surface area contributed by atoms with Gasteiger partial charge in [0.25, 0.3) is 0 Å². The number of carbonyl (C=O) groups is 3. The summed E-state index contributed by atoms with van der Waals surface area (Å²) in [5.41, 5.74) is 0. The molecule has 0 fully saturated rings. The lowest BCUT2D eigenvalue weighted by Gasteiger charge is -2.18. The SMILES string of the molecule is CC/C=C\C/C=C\C/C=C\CCCCCCCCCC(=O)OC(COC(=O)CCCCC/C=C\C/C=C\C/C=C\CC)COC(=O)CCCCCCCC/C=C\C/C=C\C/C=C\CCCCC. The first-order valence-corrected chi connectivity index (χ1v) is 27.4. The van der Waals surface area contributed by atoms with Crippen molar-refractivity contribution in [2.24, 2.45) is 0 Å². The second-order valence-electron chi connectivity index (χ2n) is 17.7. The van der Waals surface area contributed by atoms with Crippen LogP contribution in [0.5, 0.6) is 0 Å². The largest absolute Gasteiger partial charge is 0.462 e. The van der Waals surface area contributed by atoms with Crippen molar-refractivity contribution in [2.75, 3.05) is 13.2 Å². The molecule has 0 spiro atoms. The van der Waals surface area contributed by atoms with Crippen LogP contribution >= 0.6 is 0 Å². The van der Waals surface area contributed by atoms with Crippen LogP contribution in [0.15, 0.2) is 109 Å². The molecule has 6 heteroatoms. The Hall–Kier alpha value is -3.93. The summed E-state index contributed by atoms with van der Waals surface area (Å²) in [6, 6.07) is 0. The molecule has 0 aliphatic rings. The molecule has 0 aromatic heterocycles. The zero-order chi connectivity index (χ0) is 48.6. The molecule has 1 atom stereocenters. The molecule has 0 bridgehead atoms. The lowest BCUT2D eigenvalue weighted by Crippen LogP contribution is -2.30. The number of hydrogen-bond donors (Lipinski definition) is 0. The van der Waals surface area contributed by atoms with Gasteiger partial charge >= 0.3 is 17.9 Å². The maximum atomic E-state index is 12.8. The summed E-state index contributed by atoms with van der Waals surface area (Å²) in [5, 5.41) is 0. The van der Waals surface area contributed by atoms with Crippen LogP contribution in [0.2, 0.25) is 0 Å². The van der Waals surface area contributed by atoms with E-state index in [0.717, 1.165) is 135 Å². The first-order chi connectivity index (χ1) is 33.0. The van der Waals surface area contributed by atoms with Gasteiger partial charge in [-0.15, -0.1) is 0 Å². The Morgan fingerprint density at radius 2 is 0.582 bits per heavy atom. The number of unbranched alkanes of at least 4 members (excludes halogenated alkanes) is 19. The number of carbonyl (C=O) groups excluding carboxylic acids is 3. The Bertz CT molecular complexity index is 1390. The first kappa shape index (κ1) is 63.1. The monoisotopic (exact) mass is 929 g/mol. The second-order valence-corrected chi connectivity index (χ2v) is 17.7. The maximum absolute atomic E-state index is 12.8. The topological polar surface area (TPSA) is 78.9 Å². The highest BCUT2D eigenvalue weighted by atomic mass is 16.6. The molecule has 0 rings (SSSR count). The molecule has 6 nitrogen and oxygen atoms in total. The third-order valence-electron chi connectivity index (χ3n) is 11.2. The van der Waals surface area contributed by atoms with Crippen LogP contribution < -0.4 is 0 Å². The zero-order valence-corrected chi connectivity index (χ0v) is 43.4. The van der Waals surface area contributed by atoms with Crippen molar-refractivity contribution in [3.05, 3.63) is 109 Å². The molecule has 1 unspecified atom stereocenters. The summed E-state index contributed by atoms with van der Waals surface area (Å²) < 4.78 is 16.8. The number of rotatable bonds is 48. The van der Waals surface area contributed by atoms with Crippen LogP contribution in [-0.2, 0) is 28.6 Å². The van der Waals surface area contributed by atoms with E-state index in [2.05, 4.69) is 130 Å². The van der Waals surface area contributed by atoms with Crippen molar-refractivity contribution in [1.82, 2.24) is 0 Å². The molecule has 380 valence electrons. The molecule has 0 aromatic rings. The molecule has 0 N–H and O–H groups in total. The van der Waals surface area contributed by atoms with Gasteiger partial charge in [0.15, 0.2) is 6.10 Å². The molecule has 0 amide bonds. The Balaban J connectivity index is 4.46. The Kier molecular flexibility index (Phi) is 51.5. The van der Waals surface area contributed by atoms with Gasteiger partial charge < -0.3 is 14.2 Å². The summed E-state index contributed by atoms with van der Waals surface area (Å²) in [4.78, 5) is 38.1. The van der Waals surface area contributed by atoms with Crippen molar-refractivity contribution in [3.63, 3.8) is 0 Å². The first-order valence-electron chi connectivity index (χ1n) is 27.4. The van der Waals surface area contributed by atoms with E-state index in [-0.39, 0.29) is 31.1 Å². The quantitative estimate of drug-likeness (QED) is 0.0262. The van der Waals surface area contributed by atoms with Crippen molar-refractivity contribution < 1.29 is 28.6 Å². The third-order valence-corrected chi connectivity index (χ3v) is 11.2. The molecule has 0 aromatic carbocycles. The van der Waals surface area contributed by atoms with E-state index in [9.17, 15) is 14.4 Å². The van der Waals surface area contributed by atoms with Gasteiger partial charge in [-0.2, -0.15) is 0 Å². The smallest absolute Gasteiger partial charge is 0.306 e. The van der Waals surface area contributed by atoms with Crippen molar-refractivity contribution in [1.29, 1.82) is 0 Å². The molecule has 0 saturated heterocycles. The summed E-state index contributed by atoms with van der Waals surface area (Å²) in [6.45, 7) is 6.34. The van der Waals surface area contributed by atoms with Gasteiger partial charge in [0, 0.05) is 19.3 Å². The van der Waals surface area contributed by atoms with E-state index in [0.29, 0.717) is 19.3 Å². The molecular formula is C61H100O6. The molecular weight excluding hydrogens is 829 g/mol. The van der Waals surface area contributed by atoms with Gasteiger partial charge in [-0.05, 0) is 122 Å². The van der Waals surface area contributed by atoms with E-state index < -0.39 is 6.10 Å². The van der Waals surface area contributed by atoms with Crippen LogP contribution in [0.1, 0.15) is 239 Å². The molecule has 0 aliphatic heterocycles. The van der Waals surface area contributed by atoms with Gasteiger partial charge in [0.05, 0.1) is 0 Å². The average molecular weight is 929 g/mol. The van der Waals surface area contributed by atoms with Crippen molar-refractivity contribution in [2.45, 2.75) is 245 Å². The summed E-state index contributed by atoms with van der Waals surface area (Å²) >= 11 is 0. The second kappa shape index (κ2) is 54.7. The lowest BCUT2D eigenvalue weighted by atomic mass is 10.1. The van der Waals surface area contributed by atoms with Crippen LogP contribution in [0.3, 0.4) is 0 Å². The fourth-order valence-corrected chi connectivity index (χ4v) is 7.18. The van der Waals surface area contributed by atoms with E-state index in [1.54, 1.807) is 0 Å². The molecule has 0 radical (unpaired) electrons. The highest BCUT2D eigenvalue weighted by Gasteiger charge is 2.19. The maximum Gasteiger partial charge on any atom is 0.306 e. The summed E-state index contributed by atoms with van der Waals surface area (Å²) in [6.07, 6.45) is 73.6. The predicted molar refractivity (Wildman–Crippen MR) is 288 cm³/mol. The van der Waals surface area contributed by atoms with Gasteiger partial charge in [-0.3, -0.25) is 14.4 Å². The van der Waals surface area contributed by atoms with Crippen molar-refractivity contribution in [3.8, 4) is 0 Å². The van der Waals surface area contributed by atoms with Crippen molar-refractivity contribution >= 4 is 17.9 Å². The number of ether oxygens (including phenoxy) is 3. The van der Waals surface area contributed by atoms with E-state index >= 15 is 0 Å². The zero-order valence-electron chi connectivity index (χ0n) is 43.4. The van der Waals surface area contributed by atoms with Gasteiger partial charge in [-0.1, -0.05) is 207 Å². The fourth-order valence-electron chi connectivity index (χ4n) is 7.18. The Morgan fingerprint density at radius 1 is 0.313 bits per heavy atom. The lowest BCUT2D eigenvalue weighted by molar-refractivity contribution is -0.167. The van der Waals surface area contributed by atoms with Gasteiger partial charge in [0.1, 0.15) is 13.2 Å². The van der Waals surface area contributed by atoms with Crippen LogP contribution in [0, 0.1) is 0 Å². The van der Waals surface area contributed by atoms with Gasteiger partial charge in [0.2, 0.25) is 0 Å². The minimum atomic E-state index is -0.803. The fraction of sp³-hybridized carbons (Fsp3) is 0.656. The summed E-state index contributed by atoms with van der Waals surface area (Å²) in [7, 11) is 0. The molecule has 0 saturated carbocycles. The highest BCUT2D eigenvalue weighted by Crippen LogP contribution is 2.14. The van der Waals surface area contributed by atoms with Crippen LogP contribution in [0.4, 0.5) is 0 Å². The summed E-state index contributed by atoms with van der Waals surface area (Å²) in [5.74, 6) is -0.954. The number of hydrogen-bond acceptors (Lipinski definition) is 6. The van der Waals surface area contributed by atoms with E-state index in [1.807, 2.05) is 0 Å². The normalized spacial score (nSPS) is 12.9. The standard InChI is InChI=1S/C61H100O6/c1-4-7-10-13-16-19-22-25-27-29-30-32-33-36-39-42-45-48-51-54-60(63)66-57-58(56-65-59(62)53-50-47-44-41-38-35-24-21-18-15-12-9-6-3)67-61(64)55-52-49-46-43-40-37-34-31-28-26-23-20-17-14-11-8-5-2/h8-9,11-12,16-21,25-28,30,32,35,38,58H,4-7,10,13-15,22-24,29,31,33-34,36-37,39-57H2,1-3H3/b11-8-,12-9-,19-16-,20-17-,21-18-,27-25-,28-26-,32-30-,38-35-. The van der Waals surface area contributed by atoms with E-state index in [1.165, 1.54) is 64.2 Å². The minimum Gasteiger partial charge on any atom is -0.462 e. The van der Waals surface area contributed by atoms with Crippen LogP contribution in [0.25, 0.3) is 0 Å². The molecule has 0 aliphatic carbocycles. The number of esters is 3. The minimum absolute atomic E-state index is 0.100. The average Bonchev–Trinajstić information content (AvgIpc) is 3.33. The number of allylic oxidation sites excluding steroid dienone is 18. The predicted octanol–water partition coefficient (Wildman–Crippen LogP) is 18.3. The molecule has 0 heterocycles. The molecule has 67 heavy (non-hydrogen) atoms. The third kappa shape index (κ3) is 52.9. The van der Waals surface area contributed by atoms with Gasteiger partial charge in [-0.25, -0.2) is 0 Å². The Morgan fingerprint density at radius 3 is 0.925 bits per heavy atom. The van der Waals surface area contributed by atoms with E-state index in [4.69, 9.17) is 14.2 Å². The highest BCUT2D eigenvalue weighted by molar-refractivity contribution is 5.71. The Labute approximate surface area is 412 Å².